The molecular formula is C39H54ClFN6O3. The number of esters is 1. The normalized spacial score (nSPS) is 21.9. The fourth-order valence-electron chi connectivity index (χ4n) is 6.91. The lowest BCUT2D eigenvalue weighted by Crippen LogP contribution is -2.51. The third-order valence-corrected chi connectivity index (χ3v) is 9.63. The van der Waals surface area contributed by atoms with E-state index in [1.807, 2.05) is 27.0 Å². The summed E-state index contributed by atoms with van der Waals surface area (Å²) in [6, 6.07) is 13.3. The van der Waals surface area contributed by atoms with Gasteiger partial charge in [0.25, 0.3) is 0 Å². The molecule has 0 saturated heterocycles. The van der Waals surface area contributed by atoms with Crippen LogP contribution in [0.4, 0.5) is 10.1 Å². The smallest absolute Gasteiger partial charge is 0.306 e. The van der Waals surface area contributed by atoms with Gasteiger partial charge in [-0.1, -0.05) is 48.7 Å². The van der Waals surface area contributed by atoms with E-state index in [1.165, 1.54) is 17.7 Å². The third-order valence-electron chi connectivity index (χ3n) is 9.42. The van der Waals surface area contributed by atoms with E-state index in [-0.39, 0.29) is 18.1 Å². The molecule has 0 spiro atoms. The number of carbonyl (C=O) groups excluding carboxylic acids is 1. The quantitative estimate of drug-likeness (QED) is 0.0987. The number of fused-ring (bicyclic) bond motifs is 1. The summed E-state index contributed by atoms with van der Waals surface area (Å²) in [5.41, 5.74) is 3.93. The minimum absolute atomic E-state index is 0.106. The number of ether oxygens (including phenoxy) is 1. The Morgan fingerprint density at radius 1 is 1.04 bits per heavy atom. The summed E-state index contributed by atoms with van der Waals surface area (Å²) in [6.45, 7) is 11.4. The van der Waals surface area contributed by atoms with E-state index < -0.39 is 17.1 Å². The average Bonchev–Trinajstić information content (AvgIpc) is 3.35. The molecule has 2 aromatic rings. The van der Waals surface area contributed by atoms with Crippen LogP contribution >= 0.6 is 11.6 Å². The molecule has 1 aliphatic carbocycles. The topological polar surface area (TPSA) is 110 Å². The summed E-state index contributed by atoms with van der Waals surface area (Å²) in [7, 11) is 0. The maximum atomic E-state index is 14.0. The highest BCUT2D eigenvalue weighted by Gasteiger charge is 2.47. The average molecular weight is 709 g/mol. The standard InChI is InChI=1S/C39H54ClFN6O3/c1-38(2,3)50-36(49)9-7-5-6-8-18-42-19-20-43-24-27-10-12-28(13-11-27)34-26-47(32-14-16-33(48)17-15-32)39(4)35(34)25-44-37(46-39)45-31-22-29(40)21-30(41)23-31/h10-13,21-23,25-26,32-33,42-43,48H,5-9,14-20,24H2,1-4H3,(H2,44,45,46). The molecule has 0 radical (unpaired) electrons. The van der Waals surface area contributed by atoms with E-state index in [4.69, 9.17) is 21.3 Å². The Morgan fingerprint density at radius 3 is 2.48 bits per heavy atom. The number of nitrogens with one attached hydrogen (secondary N) is 4. The second-order valence-corrected chi connectivity index (χ2v) is 15.2. The van der Waals surface area contributed by atoms with Crippen LogP contribution in [0, 0.1) is 5.82 Å². The third kappa shape index (κ3) is 10.5. The number of aliphatic imine (C=N–C) groups is 1. The maximum absolute atomic E-state index is 14.0. The van der Waals surface area contributed by atoms with E-state index in [9.17, 15) is 14.3 Å². The van der Waals surface area contributed by atoms with Gasteiger partial charge < -0.3 is 36.0 Å². The van der Waals surface area contributed by atoms with Crippen molar-refractivity contribution >= 4 is 34.8 Å². The van der Waals surface area contributed by atoms with Crippen LogP contribution in [0.15, 0.2) is 65.4 Å². The molecule has 0 bridgehead atoms. The number of halogens is 2. The summed E-state index contributed by atoms with van der Waals surface area (Å²) in [4.78, 5) is 19.3. The maximum Gasteiger partial charge on any atom is 0.306 e. The summed E-state index contributed by atoms with van der Waals surface area (Å²) in [5.74, 6) is -0.0113. The SMILES string of the molecule is CC(C)(C)OC(=O)CCCCCCNCCNCc1ccc(C2=CN(C3CCC(O)CC3)C3(C)N=C(Nc4cc(F)cc(Cl)c4)NC=C23)cc1. The number of carbonyl (C=O) groups is 1. The minimum atomic E-state index is -0.680. The molecule has 1 unspecified atom stereocenters. The van der Waals surface area contributed by atoms with Crippen LogP contribution in [0.2, 0.25) is 5.02 Å². The van der Waals surface area contributed by atoms with Gasteiger partial charge in [0.05, 0.1) is 6.10 Å². The molecule has 2 aliphatic heterocycles. The lowest BCUT2D eigenvalue weighted by atomic mass is 9.89. The second-order valence-electron chi connectivity index (χ2n) is 14.8. The van der Waals surface area contributed by atoms with Crippen LogP contribution in [-0.2, 0) is 16.1 Å². The van der Waals surface area contributed by atoms with Gasteiger partial charge >= 0.3 is 5.97 Å². The van der Waals surface area contributed by atoms with Gasteiger partial charge in [-0.15, -0.1) is 0 Å². The van der Waals surface area contributed by atoms with Crippen molar-refractivity contribution in [3.05, 3.63) is 82.4 Å². The van der Waals surface area contributed by atoms with Crippen LogP contribution in [-0.4, -0.2) is 65.0 Å². The van der Waals surface area contributed by atoms with Gasteiger partial charge in [-0.25, -0.2) is 9.38 Å². The number of guanidine groups is 1. The number of rotatable bonds is 15. The number of nitrogens with zero attached hydrogens (tertiary/aromatic N) is 2. The monoisotopic (exact) mass is 708 g/mol. The number of aliphatic hydroxyl groups excluding tert-OH is 1. The Balaban J connectivity index is 1.11. The number of unbranched alkanes of at least 4 members (excludes halogenated alkanes) is 3. The predicted octanol–water partition coefficient (Wildman–Crippen LogP) is 7.08. The minimum Gasteiger partial charge on any atom is -0.460 e. The molecule has 5 rings (SSSR count). The molecule has 5 N–H and O–H groups in total. The highest BCUT2D eigenvalue weighted by Crippen LogP contribution is 2.47. The second kappa shape index (κ2) is 17.2. The Kier molecular flexibility index (Phi) is 13.0. The van der Waals surface area contributed by atoms with Gasteiger partial charge in [0, 0.05) is 66.4 Å². The highest BCUT2D eigenvalue weighted by atomic mass is 35.5. The van der Waals surface area contributed by atoms with Gasteiger partial charge in [-0.3, -0.25) is 4.79 Å². The molecular weight excluding hydrogens is 655 g/mol. The van der Waals surface area contributed by atoms with Gasteiger partial charge in [0.1, 0.15) is 11.4 Å². The van der Waals surface area contributed by atoms with Crippen molar-refractivity contribution in [3.8, 4) is 0 Å². The first-order chi connectivity index (χ1) is 23.9. The summed E-state index contributed by atoms with van der Waals surface area (Å²) in [6.07, 6.45) is 11.9. The number of aliphatic hydroxyl groups is 1. The first-order valence-electron chi connectivity index (χ1n) is 18.1. The fraction of sp³-hybridized carbons (Fsp3) is 0.538. The van der Waals surface area contributed by atoms with Crippen LogP contribution in [0.5, 0.6) is 0 Å². The van der Waals surface area contributed by atoms with Crippen molar-refractivity contribution in [2.24, 2.45) is 4.99 Å². The molecule has 272 valence electrons. The van der Waals surface area contributed by atoms with Crippen LogP contribution < -0.4 is 21.3 Å². The van der Waals surface area contributed by atoms with Crippen molar-refractivity contribution in [3.63, 3.8) is 0 Å². The van der Waals surface area contributed by atoms with Crippen molar-refractivity contribution < 1.29 is 19.0 Å². The summed E-state index contributed by atoms with van der Waals surface area (Å²) >= 11 is 6.10. The van der Waals surface area contributed by atoms with Crippen LogP contribution in [0.25, 0.3) is 5.57 Å². The molecule has 11 heteroatoms. The van der Waals surface area contributed by atoms with Gasteiger partial charge in [0.2, 0.25) is 5.96 Å². The van der Waals surface area contributed by atoms with Crippen LogP contribution in [0.1, 0.15) is 96.6 Å². The van der Waals surface area contributed by atoms with Gasteiger partial charge in [-0.05, 0) is 102 Å². The Hall–Kier alpha value is -3.44. The molecule has 1 saturated carbocycles. The van der Waals surface area contributed by atoms with Gasteiger partial charge in [-0.2, -0.15) is 0 Å². The first kappa shape index (κ1) is 37.8. The highest BCUT2D eigenvalue weighted by molar-refractivity contribution is 6.31. The number of hydrogen-bond donors (Lipinski definition) is 5. The Labute approximate surface area is 301 Å². The van der Waals surface area contributed by atoms with Crippen molar-refractivity contribution in [2.45, 2.75) is 115 Å². The Morgan fingerprint density at radius 2 is 1.76 bits per heavy atom. The van der Waals surface area contributed by atoms with E-state index >= 15 is 0 Å². The Bertz CT molecular complexity index is 1530. The van der Waals surface area contributed by atoms with E-state index in [0.717, 1.165) is 94.3 Å². The number of benzene rings is 2. The molecule has 1 fully saturated rings. The van der Waals surface area contributed by atoms with Crippen molar-refractivity contribution in [1.82, 2.24) is 20.9 Å². The number of anilines is 1. The van der Waals surface area contributed by atoms with Crippen molar-refractivity contribution in [1.29, 1.82) is 0 Å². The molecule has 2 heterocycles. The van der Waals surface area contributed by atoms with E-state index in [0.29, 0.717) is 23.1 Å². The molecule has 0 aromatic heterocycles. The van der Waals surface area contributed by atoms with E-state index in [1.54, 1.807) is 6.07 Å². The fourth-order valence-corrected chi connectivity index (χ4v) is 7.13. The summed E-state index contributed by atoms with van der Waals surface area (Å²) < 4.78 is 19.4. The van der Waals surface area contributed by atoms with Crippen molar-refractivity contribution in [2.75, 3.05) is 25.0 Å². The first-order valence-corrected chi connectivity index (χ1v) is 18.5. The lowest BCUT2D eigenvalue weighted by Gasteiger charge is -2.43. The molecule has 2 aromatic carbocycles. The molecule has 1 atom stereocenters. The zero-order chi connectivity index (χ0) is 35.7. The predicted molar refractivity (Wildman–Crippen MR) is 200 cm³/mol. The molecule has 9 nitrogen and oxygen atoms in total. The van der Waals surface area contributed by atoms with E-state index in [2.05, 4.69) is 63.6 Å². The molecule has 3 aliphatic rings. The van der Waals surface area contributed by atoms with Crippen LogP contribution in [0.3, 0.4) is 0 Å². The molecule has 50 heavy (non-hydrogen) atoms. The molecule has 0 amide bonds. The lowest BCUT2D eigenvalue weighted by molar-refractivity contribution is -0.154. The number of hydrogen-bond acceptors (Lipinski definition) is 9. The van der Waals surface area contributed by atoms with Gasteiger partial charge in [0.15, 0.2) is 5.66 Å². The zero-order valence-corrected chi connectivity index (χ0v) is 30.7. The summed E-state index contributed by atoms with van der Waals surface area (Å²) in [5, 5.41) is 24.0. The zero-order valence-electron chi connectivity index (χ0n) is 30.0. The largest absolute Gasteiger partial charge is 0.460 e.